The largest absolute Gasteiger partial charge is 0.408 e. The minimum absolute atomic E-state index is 0.121. The number of ketones is 1. The van der Waals surface area contributed by atoms with Crippen molar-refractivity contribution in [1.29, 1.82) is 0 Å². The fourth-order valence-corrected chi connectivity index (χ4v) is 1.49. The summed E-state index contributed by atoms with van der Waals surface area (Å²) in [5.74, 6) is -1.03. The predicted molar refractivity (Wildman–Crippen MR) is 68.9 cm³/mol. The van der Waals surface area contributed by atoms with Gasteiger partial charge in [-0.15, -0.1) is 0 Å². The lowest BCUT2D eigenvalue weighted by molar-refractivity contribution is -0.152. The number of alkyl halides is 3. The summed E-state index contributed by atoms with van der Waals surface area (Å²) in [5, 5.41) is 2.24. The molecule has 0 spiro atoms. The molecule has 20 heavy (non-hydrogen) atoms. The molecule has 0 saturated carbocycles. The Hall–Kier alpha value is -1.59. The third-order valence-electron chi connectivity index (χ3n) is 2.81. The normalized spacial score (nSPS) is 13.9. The van der Waals surface area contributed by atoms with E-state index in [1.807, 2.05) is 0 Å². The average molecular weight is 291 g/mol. The Bertz CT molecular complexity index is 460. The number of hydrogen-bond acceptors (Lipinski definition) is 2. The number of rotatable bonds is 4. The number of benzene rings is 1. The van der Waals surface area contributed by atoms with E-state index in [0.29, 0.717) is 0 Å². The second kappa shape index (κ2) is 5.81. The van der Waals surface area contributed by atoms with Gasteiger partial charge in [-0.1, -0.05) is 20.8 Å². The van der Waals surface area contributed by atoms with Gasteiger partial charge in [0, 0.05) is 17.5 Å². The third-order valence-corrected chi connectivity index (χ3v) is 2.81. The van der Waals surface area contributed by atoms with Crippen LogP contribution in [0.5, 0.6) is 0 Å². The molecule has 0 saturated heterocycles. The molecular weight excluding hydrogens is 274 g/mol. The molecule has 0 amide bonds. The van der Waals surface area contributed by atoms with E-state index in [1.165, 1.54) is 12.1 Å². The maximum absolute atomic E-state index is 12.9. The Morgan fingerprint density at radius 2 is 1.65 bits per heavy atom. The van der Waals surface area contributed by atoms with Crippen LogP contribution in [0.1, 0.15) is 27.2 Å². The predicted octanol–water partition coefficient (Wildman–Crippen LogP) is 4.17. The highest BCUT2D eigenvalue weighted by atomic mass is 19.4. The second-order valence-electron chi connectivity index (χ2n) is 5.62. The van der Waals surface area contributed by atoms with Gasteiger partial charge in [0.1, 0.15) is 17.6 Å². The molecule has 1 unspecified atom stereocenters. The lowest BCUT2D eigenvalue weighted by atomic mass is 9.87. The van der Waals surface area contributed by atoms with E-state index in [2.05, 4.69) is 5.32 Å². The quantitative estimate of drug-likeness (QED) is 0.843. The topological polar surface area (TPSA) is 29.1 Å². The Morgan fingerprint density at radius 3 is 2.05 bits per heavy atom. The third kappa shape index (κ3) is 4.83. The number of nitrogens with one attached hydrogen (secondary N) is 1. The van der Waals surface area contributed by atoms with E-state index >= 15 is 0 Å². The van der Waals surface area contributed by atoms with Crippen LogP contribution in [0.3, 0.4) is 0 Å². The molecule has 1 N–H and O–H groups in total. The summed E-state index contributed by atoms with van der Waals surface area (Å²) in [6.45, 7) is 4.71. The van der Waals surface area contributed by atoms with Crippen molar-refractivity contribution in [2.45, 2.75) is 39.4 Å². The number of hydrogen-bond donors (Lipinski definition) is 1. The molecule has 0 aliphatic heterocycles. The van der Waals surface area contributed by atoms with Gasteiger partial charge >= 0.3 is 6.18 Å². The summed E-state index contributed by atoms with van der Waals surface area (Å²) in [6, 6.07) is 2.54. The zero-order valence-electron chi connectivity index (χ0n) is 11.5. The molecule has 1 aromatic carbocycles. The van der Waals surface area contributed by atoms with Gasteiger partial charge in [-0.2, -0.15) is 13.2 Å². The lowest BCUT2D eigenvalue weighted by Gasteiger charge is -2.25. The van der Waals surface area contributed by atoms with E-state index < -0.39 is 35.7 Å². The minimum atomic E-state index is -4.56. The second-order valence-corrected chi connectivity index (χ2v) is 5.62. The fraction of sp³-hybridized carbons (Fsp3) is 0.500. The molecule has 0 aliphatic rings. The van der Waals surface area contributed by atoms with Crippen molar-refractivity contribution in [2.75, 3.05) is 5.32 Å². The number of Topliss-reactive ketones (excluding diaryl/α,β-unsaturated/α-hetero) is 1. The van der Waals surface area contributed by atoms with Crippen molar-refractivity contribution in [2.24, 2.45) is 5.41 Å². The summed E-state index contributed by atoms with van der Waals surface area (Å²) in [6.07, 6.45) is -5.22. The summed E-state index contributed by atoms with van der Waals surface area (Å²) in [7, 11) is 0. The van der Waals surface area contributed by atoms with E-state index in [9.17, 15) is 22.4 Å². The van der Waals surface area contributed by atoms with Gasteiger partial charge in [-0.3, -0.25) is 4.79 Å². The minimum Gasteiger partial charge on any atom is -0.374 e. The van der Waals surface area contributed by atoms with Crippen LogP contribution in [0.4, 0.5) is 23.2 Å². The molecule has 0 radical (unpaired) electrons. The van der Waals surface area contributed by atoms with Crippen LogP contribution in [0.15, 0.2) is 24.3 Å². The first-order chi connectivity index (χ1) is 9.00. The van der Waals surface area contributed by atoms with E-state index in [4.69, 9.17) is 0 Å². The molecule has 0 aliphatic carbocycles. The Labute approximate surface area is 115 Å². The van der Waals surface area contributed by atoms with Gasteiger partial charge in [0.25, 0.3) is 0 Å². The maximum atomic E-state index is 12.9. The number of carbonyl (C=O) groups is 1. The van der Waals surface area contributed by atoms with Crippen molar-refractivity contribution in [3.8, 4) is 0 Å². The van der Waals surface area contributed by atoms with Crippen LogP contribution in [-0.2, 0) is 4.79 Å². The van der Waals surface area contributed by atoms with Crippen molar-refractivity contribution in [3.05, 3.63) is 30.1 Å². The zero-order valence-corrected chi connectivity index (χ0v) is 11.5. The SMILES string of the molecule is CC(C)(C)C(=O)CC(Nc1ccc(F)cc1)C(F)(F)F. The van der Waals surface area contributed by atoms with Gasteiger partial charge in [-0.25, -0.2) is 4.39 Å². The summed E-state index contributed by atoms with van der Waals surface area (Å²) in [4.78, 5) is 11.8. The standard InChI is InChI=1S/C14H17F4NO/c1-13(2,3)12(20)8-11(14(16,17)18)19-10-6-4-9(15)5-7-10/h4-7,11,19H,8H2,1-3H3. The van der Waals surface area contributed by atoms with Gasteiger partial charge in [-0.05, 0) is 24.3 Å². The highest BCUT2D eigenvalue weighted by molar-refractivity contribution is 5.84. The Kier molecular flexibility index (Phi) is 4.78. The highest BCUT2D eigenvalue weighted by Crippen LogP contribution is 2.29. The molecule has 1 atom stereocenters. The van der Waals surface area contributed by atoms with Crippen LogP contribution >= 0.6 is 0 Å². The zero-order chi connectivity index (χ0) is 15.6. The maximum Gasteiger partial charge on any atom is 0.408 e. The van der Waals surface area contributed by atoms with Crippen LogP contribution < -0.4 is 5.32 Å². The van der Waals surface area contributed by atoms with Crippen LogP contribution in [0.25, 0.3) is 0 Å². The van der Waals surface area contributed by atoms with Crippen LogP contribution in [-0.4, -0.2) is 18.0 Å². The van der Waals surface area contributed by atoms with Gasteiger partial charge < -0.3 is 5.32 Å². The molecule has 2 nitrogen and oxygen atoms in total. The smallest absolute Gasteiger partial charge is 0.374 e. The Morgan fingerprint density at radius 1 is 1.15 bits per heavy atom. The molecule has 0 heterocycles. The molecule has 1 rings (SSSR count). The van der Waals surface area contributed by atoms with Gasteiger partial charge in [0.2, 0.25) is 0 Å². The summed E-state index contributed by atoms with van der Waals surface area (Å²) in [5.41, 5.74) is -0.719. The van der Waals surface area contributed by atoms with Crippen molar-refractivity contribution < 1.29 is 22.4 Å². The van der Waals surface area contributed by atoms with Crippen molar-refractivity contribution >= 4 is 11.5 Å². The monoisotopic (exact) mass is 291 g/mol. The van der Waals surface area contributed by atoms with Crippen molar-refractivity contribution in [3.63, 3.8) is 0 Å². The molecular formula is C14H17F4NO. The molecule has 112 valence electrons. The van der Waals surface area contributed by atoms with Crippen molar-refractivity contribution in [1.82, 2.24) is 0 Å². The first kappa shape index (κ1) is 16.5. The molecule has 0 aromatic heterocycles. The van der Waals surface area contributed by atoms with E-state index in [1.54, 1.807) is 20.8 Å². The molecule has 0 bridgehead atoms. The fourth-order valence-electron chi connectivity index (χ4n) is 1.49. The average Bonchev–Trinajstić information content (AvgIpc) is 2.28. The van der Waals surface area contributed by atoms with Crippen LogP contribution in [0, 0.1) is 11.2 Å². The van der Waals surface area contributed by atoms with Gasteiger partial charge in [0.05, 0.1) is 0 Å². The van der Waals surface area contributed by atoms with Gasteiger partial charge in [0.15, 0.2) is 0 Å². The molecule has 6 heteroatoms. The summed E-state index contributed by atoms with van der Waals surface area (Å²) < 4.78 is 51.6. The lowest BCUT2D eigenvalue weighted by Crippen LogP contribution is -2.40. The number of anilines is 1. The Balaban J connectivity index is 2.86. The first-order valence-electron chi connectivity index (χ1n) is 6.12. The molecule has 1 aromatic rings. The first-order valence-corrected chi connectivity index (χ1v) is 6.12. The van der Waals surface area contributed by atoms with E-state index in [0.717, 1.165) is 12.1 Å². The summed E-state index contributed by atoms with van der Waals surface area (Å²) >= 11 is 0. The molecule has 0 fully saturated rings. The number of halogens is 4. The van der Waals surface area contributed by atoms with E-state index in [-0.39, 0.29) is 5.69 Å². The number of carbonyl (C=O) groups excluding carboxylic acids is 1. The highest BCUT2D eigenvalue weighted by Gasteiger charge is 2.42. The van der Waals surface area contributed by atoms with Crippen LogP contribution in [0.2, 0.25) is 0 Å².